The molecular formula is C36H32N2O6S. The zero-order chi connectivity index (χ0) is 31.5. The van der Waals surface area contributed by atoms with Crippen molar-refractivity contribution in [1.29, 1.82) is 0 Å². The van der Waals surface area contributed by atoms with Crippen LogP contribution in [0.1, 0.15) is 36.6 Å². The predicted molar refractivity (Wildman–Crippen MR) is 175 cm³/mol. The molecule has 0 fully saturated rings. The molecule has 8 nitrogen and oxygen atoms in total. The predicted octanol–water partition coefficient (Wildman–Crippen LogP) is 5.55. The average molecular weight is 621 g/mol. The van der Waals surface area contributed by atoms with Gasteiger partial charge in [0.05, 0.1) is 36.6 Å². The minimum absolute atomic E-state index is 0.187. The van der Waals surface area contributed by atoms with E-state index in [9.17, 15) is 9.59 Å². The van der Waals surface area contributed by atoms with Crippen LogP contribution in [0.2, 0.25) is 0 Å². The summed E-state index contributed by atoms with van der Waals surface area (Å²) in [6.45, 7) is 4.11. The molecule has 0 aliphatic carbocycles. The Labute approximate surface area is 264 Å². The van der Waals surface area contributed by atoms with E-state index in [1.54, 1.807) is 38.7 Å². The molecule has 4 aromatic carbocycles. The first-order valence-electron chi connectivity index (χ1n) is 14.5. The number of aromatic nitrogens is 1. The van der Waals surface area contributed by atoms with Crippen molar-refractivity contribution in [1.82, 2.24) is 4.57 Å². The second-order valence-electron chi connectivity index (χ2n) is 10.4. The highest BCUT2D eigenvalue weighted by Crippen LogP contribution is 2.40. The lowest BCUT2D eigenvalue weighted by Crippen LogP contribution is -2.40. The Morgan fingerprint density at radius 1 is 0.933 bits per heavy atom. The van der Waals surface area contributed by atoms with Gasteiger partial charge >= 0.3 is 5.97 Å². The van der Waals surface area contributed by atoms with Gasteiger partial charge in [0.25, 0.3) is 5.56 Å². The van der Waals surface area contributed by atoms with Gasteiger partial charge in [-0.2, -0.15) is 0 Å². The zero-order valence-corrected chi connectivity index (χ0v) is 26.2. The first-order chi connectivity index (χ1) is 21.9. The van der Waals surface area contributed by atoms with Crippen LogP contribution in [-0.4, -0.2) is 31.4 Å². The van der Waals surface area contributed by atoms with Crippen molar-refractivity contribution >= 4 is 34.2 Å². The third-order valence-electron chi connectivity index (χ3n) is 7.66. The van der Waals surface area contributed by atoms with E-state index in [0.717, 1.165) is 21.9 Å². The van der Waals surface area contributed by atoms with Gasteiger partial charge in [-0.15, -0.1) is 0 Å². The highest BCUT2D eigenvalue weighted by molar-refractivity contribution is 7.07. The average Bonchev–Trinajstić information content (AvgIpc) is 3.36. The van der Waals surface area contributed by atoms with Gasteiger partial charge in [-0.1, -0.05) is 78.1 Å². The number of ether oxygens (including phenoxy) is 4. The number of rotatable bonds is 9. The fourth-order valence-electron chi connectivity index (χ4n) is 5.58. The maximum Gasteiger partial charge on any atom is 0.338 e. The molecule has 1 aromatic heterocycles. The summed E-state index contributed by atoms with van der Waals surface area (Å²) in [4.78, 5) is 32.9. The van der Waals surface area contributed by atoms with Crippen LogP contribution < -0.4 is 29.1 Å². The summed E-state index contributed by atoms with van der Waals surface area (Å²) in [5.41, 5.74) is 3.00. The minimum atomic E-state index is -0.813. The molecule has 9 heteroatoms. The largest absolute Gasteiger partial charge is 0.496 e. The van der Waals surface area contributed by atoms with Crippen molar-refractivity contribution in [2.75, 3.05) is 20.8 Å². The van der Waals surface area contributed by atoms with Gasteiger partial charge in [-0.3, -0.25) is 9.36 Å². The fraction of sp³-hybridized carbons (Fsp3) is 0.194. The molecular weight excluding hydrogens is 588 g/mol. The highest BCUT2D eigenvalue weighted by Gasteiger charge is 2.36. The molecule has 45 heavy (non-hydrogen) atoms. The molecule has 1 atom stereocenters. The van der Waals surface area contributed by atoms with Crippen LogP contribution in [0.4, 0.5) is 0 Å². The number of hydrogen-bond acceptors (Lipinski definition) is 8. The van der Waals surface area contributed by atoms with Crippen LogP contribution in [0.3, 0.4) is 0 Å². The third kappa shape index (κ3) is 5.74. The van der Waals surface area contributed by atoms with Crippen molar-refractivity contribution in [2.45, 2.75) is 26.5 Å². The van der Waals surface area contributed by atoms with Gasteiger partial charge in [0, 0.05) is 5.56 Å². The number of benzene rings is 4. The molecule has 1 aliphatic rings. The molecule has 1 aliphatic heterocycles. The number of nitrogens with zero attached hydrogens (tertiary/aromatic N) is 2. The summed E-state index contributed by atoms with van der Waals surface area (Å²) < 4.78 is 25.0. The molecule has 1 unspecified atom stereocenters. The summed E-state index contributed by atoms with van der Waals surface area (Å²) in [7, 11) is 3.16. The molecule has 0 spiro atoms. The molecule has 0 N–H and O–H groups in total. The molecule has 2 heterocycles. The van der Waals surface area contributed by atoms with Crippen LogP contribution in [0.25, 0.3) is 16.8 Å². The van der Waals surface area contributed by atoms with Crippen LogP contribution in [0.5, 0.6) is 17.2 Å². The van der Waals surface area contributed by atoms with E-state index in [-0.39, 0.29) is 12.2 Å². The van der Waals surface area contributed by atoms with Gasteiger partial charge in [0.2, 0.25) is 0 Å². The fourth-order valence-corrected chi connectivity index (χ4v) is 6.63. The summed E-state index contributed by atoms with van der Waals surface area (Å²) in [6.07, 6.45) is 1.80. The van der Waals surface area contributed by atoms with Crippen LogP contribution in [-0.2, 0) is 16.1 Å². The van der Waals surface area contributed by atoms with E-state index in [1.807, 2.05) is 84.9 Å². The van der Waals surface area contributed by atoms with Crippen molar-refractivity contribution in [2.24, 2.45) is 4.99 Å². The lowest BCUT2D eigenvalue weighted by atomic mass is 9.90. The van der Waals surface area contributed by atoms with Crippen molar-refractivity contribution in [3.63, 3.8) is 0 Å². The Balaban J connectivity index is 1.49. The quantitative estimate of drug-likeness (QED) is 0.201. The van der Waals surface area contributed by atoms with Crippen molar-refractivity contribution in [3.8, 4) is 17.2 Å². The Morgan fingerprint density at radius 2 is 1.67 bits per heavy atom. The standard InChI is InChI=1S/C36H32N2O6S/c1-5-43-35(40)31-22(2)37-36-38(33(31)32-26-14-10-9-13-25(26)16-18-28(32)41-3)34(39)30(45-36)20-24-15-17-27(29(19-24)42-4)44-21-23-11-7-6-8-12-23/h6-20,33H,5,21H2,1-4H3/b30-20-. The molecule has 0 amide bonds. The van der Waals surface area contributed by atoms with Crippen LogP contribution >= 0.6 is 11.3 Å². The highest BCUT2D eigenvalue weighted by atomic mass is 32.1. The lowest BCUT2D eigenvalue weighted by molar-refractivity contribution is -0.139. The number of carbonyl (C=O) groups is 1. The van der Waals surface area contributed by atoms with E-state index >= 15 is 0 Å². The summed E-state index contributed by atoms with van der Waals surface area (Å²) in [5.74, 6) is 1.17. The molecule has 6 rings (SSSR count). The Morgan fingerprint density at radius 3 is 2.42 bits per heavy atom. The molecule has 0 bridgehead atoms. The number of hydrogen-bond donors (Lipinski definition) is 0. The minimum Gasteiger partial charge on any atom is -0.496 e. The number of fused-ring (bicyclic) bond motifs is 2. The van der Waals surface area contributed by atoms with Gasteiger partial charge < -0.3 is 18.9 Å². The normalized spacial score (nSPS) is 14.6. The molecule has 228 valence electrons. The third-order valence-corrected chi connectivity index (χ3v) is 8.65. The molecule has 5 aromatic rings. The maximum absolute atomic E-state index is 14.3. The summed E-state index contributed by atoms with van der Waals surface area (Å²) in [5, 5.41) is 1.82. The number of allylic oxidation sites excluding steroid dienone is 1. The maximum atomic E-state index is 14.3. The van der Waals surface area contributed by atoms with E-state index in [1.165, 1.54) is 11.3 Å². The van der Waals surface area contributed by atoms with E-state index in [0.29, 0.717) is 50.0 Å². The van der Waals surface area contributed by atoms with E-state index < -0.39 is 12.0 Å². The van der Waals surface area contributed by atoms with E-state index in [2.05, 4.69) is 0 Å². The Hall–Kier alpha value is -5.15. The van der Waals surface area contributed by atoms with Gasteiger partial charge in [-0.25, -0.2) is 9.79 Å². The summed E-state index contributed by atoms with van der Waals surface area (Å²) in [6, 6.07) is 26.3. The van der Waals surface area contributed by atoms with Gasteiger partial charge in [-0.05, 0) is 60.0 Å². The Bertz CT molecular complexity index is 2110. The van der Waals surface area contributed by atoms with E-state index in [4.69, 9.17) is 23.9 Å². The topological polar surface area (TPSA) is 88.4 Å². The SMILES string of the molecule is CCOC(=O)C1=C(C)N=c2s/c(=C\c3ccc(OCc4ccccc4)c(OC)c3)c(=O)n2C1c1c(OC)ccc2ccccc12. The number of esters is 1. The first-order valence-corrected chi connectivity index (χ1v) is 15.3. The molecule has 0 saturated carbocycles. The summed E-state index contributed by atoms with van der Waals surface area (Å²) >= 11 is 1.26. The van der Waals surface area contributed by atoms with Crippen LogP contribution in [0, 0.1) is 0 Å². The van der Waals surface area contributed by atoms with Crippen molar-refractivity contribution in [3.05, 3.63) is 133 Å². The first kappa shape index (κ1) is 29.9. The second-order valence-corrected chi connectivity index (χ2v) is 11.4. The number of methoxy groups -OCH3 is 2. The van der Waals surface area contributed by atoms with Gasteiger partial charge in [0.15, 0.2) is 16.3 Å². The smallest absolute Gasteiger partial charge is 0.338 e. The van der Waals surface area contributed by atoms with Crippen LogP contribution in [0.15, 0.2) is 106 Å². The number of carbonyl (C=O) groups excluding carboxylic acids is 1. The molecule has 0 radical (unpaired) electrons. The van der Waals surface area contributed by atoms with Crippen molar-refractivity contribution < 1.29 is 23.7 Å². The second kappa shape index (κ2) is 12.8. The number of thiazole rings is 1. The zero-order valence-electron chi connectivity index (χ0n) is 25.4. The Kier molecular flexibility index (Phi) is 8.53. The lowest BCUT2D eigenvalue weighted by Gasteiger charge is -2.27. The van der Waals surface area contributed by atoms with Gasteiger partial charge in [0.1, 0.15) is 18.4 Å². The monoisotopic (exact) mass is 620 g/mol. The molecule has 0 saturated heterocycles.